The minimum absolute atomic E-state index is 0.255. The number of aliphatic hydroxyl groups is 1. The molecule has 0 spiro atoms. The molecule has 0 bridgehead atoms. The van der Waals surface area contributed by atoms with Crippen molar-refractivity contribution in [3.05, 3.63) is 60.2 Å². The SMILES string of the molecule is CCCCC/C=C\C/C=C\CCCCCCC(O)(C(=O)O)c1ccccc1. The largest absolute Gasteiger partial charge is 0.479 e. The number of carbonyl (C=O) groups is 1. The van der Waals surface area contributed by atoms with Crippen LogP contribution in [0, 0.1) is 0 Å². The van der Waals surface area contributed by atoms with Crippen molar-refractivity contribution >= 4 is 5.97 Å². The van der Waals surface area contributed by atoms with Gasteiger partial charge in [-0.05, 0) is 50.5 Å². The molecule has 0 amide bonds. The van der Waals surface area contributed by atoms with E-state index in [-0.39, 0.29) is 6.42 Å². The quantitative estimate of drug-likeness (QED) is 0.277. The van der Waals surface area contributed by atoms with Gasteiger partial charge in [0.25, 0.3) is 0 Å². The van der Waals surface area contributed by atoms with E-state index in [4.69, 9.17) is 0 Å². The first-order valence-corrected chi connectivity index (χ1v) is 10.4. The van der Waals surface area contributed by atoms with E-state index in [1.54, 1.807) is 24.3 Å². The van der Waals surface area contributed by atoms with E-state index in [2.05, 4.69) is 31.2 Å². The Hall–Kier alpha value is -1.87. The van der Waals surface area contributed by atoms with Gasteiger partial charge in [0.2, 0.25) is 0 Å². The van der Waals surface area contributed by atoms with Gasteiger partial charge in [-0.3, -0.25) is 0 Å². The maximum Gasteiger partial charge on any atom is 0.340 e. The molecule has 0 heterocycles. The molecule has 1 aromatic rings. The molecule has 1 atom stereocenters. The second kappa shape index (κ2) is 14.2. The fraction of sp³-hybridized carbons (Fsp3) is 0.542. The standard InChI is InChI=1S/C24H36O3/c1-2-3-4-5-6-7-8-9-10-11-12-13-14-18-21-24(27,23(25)26)22-19-16-15-17-20-22/h6-7,9-10,15-17,19-20,27H,2-5,8,11-14,18,21H2,1H3,(H,25,26)/b7-6-,10-9-. The lowest BCUT2D eigenvalue weighted by Crippen LogP contribution is -2.35. The summed E-state index contributed by atoms with van der Waals surface area (Å²) in [6, 6.07) is 8.70. The first kappa shape index (κ1) is 23.2. The minimum atomic E-state index is -1.77. The Balaban J connectivity index is 2.14. The van der Waals surface area contributed by atoms with Crippen molar-refractivity contribution in [3.8, 4) is 0 Å². The highest BCUT2D eigenvalue weighted by Gasteiger charge is 2.37. The fourth-order valence-electron chi connectivity index (χ4n) is 3.10. The van der Waals surface area contributed by atoms with Crippen molar-refractivity contribution in [3.63, 3.8) is 0 Å². The zero-order valence-corrected chi connectivity index (χ0v) is 16.8. The van der Waals surface area contributed by atoms with Gasteiger partial charge in [-0.15, -0.1) is 0 Å². The van der Waals surface area contributed by atoms with Crippen LogP contribution in [0.1, 0.15) is 83.1 Å². The average molecular weight is 373 g/mol. The zero-order valence-electron chi connectivity index (χ0n) is 16.8. The lowest BCUT2D eigenvalue weighted by Gasteiger charge is -2.23. The fourth-order valence-corrected chi connectivity index (χ4v) is 3.10. The topological polar surface area (TPSA) is 57.5 Å². The van der Waals surface area contributed by atoms with Crippen LogP contribution >= 0.6 is 0 Å². The Labute approximate surface area is 164 Å². The van der Waals surface area contributed by atoms with Crippen LogP contribution < -0.4 is 0 Å². The first-order chi connectivity index (χ1) is 13.1. The summed E-state index contributed by atoms with van der Waals surface area (Å²) in [6.07, 6.45) is 20.2. The summed E-state index contributed by atoms with van der Waals surface area (Å²) >= 11 is 0. The lowest BCUT2D eigenvalue weighted by atomic mass is 9.88. The Morgan fingerprint density at radius 3 is 2.07 bits per heavy atom. The molecule has 150 valence electrons. The van der Waals surface area contributed by atoms with Crippen LogP contribution in [0.15, 0.2) is 54.6 Å². The third kappa shape index (κ3) is 9.58. The van der Waals surface area contributed by atoms with Gasteiger partial charge >= 0.3 is 5.97 Å². The highest BCUT2D eigenvalue weighted by molar-refractivity contribution is 5.79. The average Bonchev–Trinajstić information content (AvgIpc) is 2.68. The Morgan fingerprint density at radius 2 is 1.48 bits per heavy atom. The van der Waals surface area contributed by atoms with Crippen LogP contribution in [-0.4, -0.2) is 16.2 Å². The number of unbranched alkanes of at least 4 members (excludes halogenated alkanes) is 7. The Bertz CT molecular complexity index is 562. The minimum Gasteiger partial charge on any atom is -0.479 e. The van der Waals surface area contributed by atoms with Crippen molar-refractivity contribution in [1.29, 1.82) is 0 Å². The van der Waals surface area contributed by atoms with Crippen molar-refractivity contribution in [2.75, 3.05) is 0 Å². The molecule has 1 unspecified atom stereocenters. The Morgan fingerprint density at radius 1 is 0.889 bits per heavy atom. The third-order valence-electron chi connectivity index (χ3n) is 4.84. The van der Waals surface area contributed by atoms with Crippen molar-refractivity contribution in [2.24, 2.45) is 0 Å². The highest BCUT2D eigenvalue weighted by atomic mass is 16.4. The summed E-state index contributed by atoms with van der Waals surface area (Å²) < 4.78 is 0. The van der Waals surface area contributed by atoms with Crippen LogP contribution in [0.25, 0.3) is 0 Å². The second-order valence-corrected chi connectivity index (χ2v) is 7.16. The maximum absolute atomic E-state index is 11.5. The number of carboxylic acids is 1. The molecule has 3 nitrogen and oxygen atoms in total. The molecule has 0 aliphatic heterocycles. The van der Waals surface area contributed by atoms with Gasteiger partial charge in [0, 0.05) is 0 Å². The summed E-state index contributed by atoms with van der Waals surface area (Å²) in [7, 11) is 0. The van der Waals surface area contributed by atoms with Crippen molar-refractivity contribution in [2.45, 2.75) is 83.2 Å². The van der Waals surface area contributed by atoms with Gasteiger partial charge in [0.15, 0.2) is 5.60 Å². The van der Waals surface area contributed by atoms with Crippen LogP contribution in [0.5, 0.6) is 0 Å². The van der Waals surface area contributed by atoms with E-state index in [9.17, 15) is 15.0 Å². The predicted octanol–water partition coefficient (Wildman–Crippen LogP) is 6.38. The van der Waals surface area contributed by atoms with E-state index in [1.807, 2.05) is 6.07 Å². The van der Waals surface area contributed by atoms with Gasteiger partial charge in [0.1, 0.15) is 0 Å². The molecule has 0 saturated heterocycles. The number of rotatable bonds is 15. The number of carboxylic acid groups (broad SMARTS) is 1. The van der Waals surface area contributed by atoms with Crippen LogP contribution in [0.3, 0.4) is 0 Å². The molecule has 0 fully saturated rings. The van der Waals surface area contributed by atoms with Gasteiger partial charge in [-0.2, -0.15) is 0 Å². The summed E-state index contributed by atoms with van der Waals surface area (Å²) in [5.74, 6) is -1.17. The van der Waals surface area contributed by atoms with E-state index in [0.29, 0.717) is 12.0 Å². The molecule has 27 heavy (non-hydrogen) atoms. The number of allylic oxidation sites excluding steroid dienone is 4. The first-order valence-electron chi connectivity index (χ1n) is 10.4. The Kier molecular flexibility index (Phi) is 12.2. The third-order valence-corrected chi connectivity index (χ3v) is 4.84. The van der Waals surface area contributed by atoms with Crippen LogP contribution in [0.4, 0.5) is 0 Å². The molecule has 0 aliphatic carbocycles. The second-order valence-electron chi connectivity index (χ2n) is 7.16. The van der Waals surface area contributed by atoms with E-state index >= 15 is 0 Å². The zero-order chi connectivity index (χ0) is 19.8. The summed E-state index contributed by atoms with van der Waals surface area (Å²) in [4.78, 5) is 11.5. The molecule has 0 aliphatic rings. The molecular formula is C24H36O3. The van der Waals surface area contributed by atoms with Gasteiger partial charge < -0.3 is 10.2 Å². The molecule has 2 N–H and O–H groups in total. The van der Waals surface area contributed by atoms with Gasteiger partial charge in [0.05, 0.1) is 0 Å². The molecular weight excluding hydrogens is 336 g/mol. The molecule has 1 aromatic carbocycles. The lowest BCUT2D eigenvalue weighted by molar-refractivity contribution is -0.160. The smallest absolute Gasteiger partial charge is 0.340 e. The number of hydrogen-bond acceptors (Lipinski definition) is 2. The van der Waals surface area contributed by atoms with Gasteiger partial charge in [-0.25, -0.2) is 4.79 Å². The van der Waals surface area contributed by atoms with E-state index in [1.165, 1.54) is 25.7 Å². The molecule has 0 aromatic heterocycles. The summed E-state index contributed by atoms with van der Waals surface area (Å²) in [6.45, 7) is 2.22. The molecule has 1 rings (SSSR count). The monoisotopic (exact) mass is 372 g/mol. The van der Waals surface area contributed by atoms with Crippen molar-refractivity contribution < 1.29 is 15.0 Å². The maximum atomic E-state index is 11.5. The van der Waals surface area contributed by atoms with Crippen LogP contribution in [-0.2, 0) is 10.4 Å². The number of benzene rings is 1. The number of hydrogen-bond donors (Lipinski definition) is 2. The van der Waals surface area contributed by atoms with Crippen molar-refractivity contribution in [1.82, 2.24) is 0 Å². The van der Waals surface area contributed by atoms with E-state index in [0.717, 1.165) is 32.1 Å². The summed E-state index contributed by atoms with van der Waals surface area (Å²) in [5.41, 5.74) is -1.31. The normalized spacial score (nSPS) is 14.0. The predicted molar refractivity (Wildman–Crippen MR) is 113 cm³/mol. The summed E-state index contributed by atoms with van der Waals surface area (Å²) in [5, 5.41) is 20.0. The molecule has 3 heteroatoms. The highest BCUT2D eigenvalue weighted by Crippen LogP contribution is 2.28. The molecule has 0 radical (unpaired) electrons. The van der Waals surface area contributed by atoms with E-state index < -0.39 is 11.6 Å². The van der Waals surface area contributed by atoms with Gasteiger partial charge in [-0.1, -0.05) is 87.2 Å². The van der Waals surface area contributed by atoms with Crippen LogP contribution in [0.2, 0.25) is 0 Å². The molecule has 0 saturated carbocycles. The number of aliphatic carboxylic acids is 1.